The first-order valence-corrected chi connectivity index (χ1v) is 11.9. The van der Waals surface area contributed by atoms with Crippen LogP contribution in [0.3, 0.4) is 0 Å². The van der Waals surface area contributed by atoms with Crippen molar-refractivity contribution in [2.45, 2.75) is 45.9 Å². The highest BCUT2D eigenvalue weighted by Gasteiger charge is 2.32. The molecule has 1 atom stereocenters. The van der Waals surface area contributed by atoms with E-state index in [0.717, 1.165) is 28.1 Å². The number of imidazole rings is 1. The van der Waals surface area contributed by atoms with Crippen LogP contribution < -0.4 is 5.32 Å². The van der Waals surface area contributed by atoms with E-state index in [9.17, 15) is 9.59 Å². The van der Waals surface area contributed by atoms with E-state index in [0.29, 0.717) is 44.8 Å². The number of aromatic nitrogens is 2. The van der Waals surface area contributed by atoms with Crippen molar-refractivity contribution in [3.63, 3.8) is 0 Å². The first-order chi connectivity index (χ1) is 16.5. The Balaban J connectivity index is 1.19. The van der Waals surface area contributed by atoms with Crippen molar-refractivity contribution < 1.29 is 14.3 Å². The molecule has 7 nitrogen and oxygen atoms in total. The normalized spacial score (nSPS) is 18.4. The molecule has 1 fully saturated rings. The maximum Gasteiger partial charge on any atom is 0.274 e. The molecule has 0 saturated carbocycles. The minimum absolute atomic E-state index is 0.0248. The molecule has 1 N–H and O–H groups in total. The van der Waals surface area contributed by atoms with Gasteiger partial charge in [0.1, 0.15) is 6.10 Å². The molecule has 1 saturated heterocycles. The number of fused-ring (bicyclic) bond motifs is 1. The van der Waals surface area contributed by atoms with E-state index < -0.39 is 0 Å². The number of likely N-dealkylation sites (tertiary alicyclic amines) is 1. The summed E-state index contributed by atoms with van der Waals surface area (Å²) in [6.07, 6.45) is 2.98. The van der Waals surface area contributed by atoms with Crippen molar-refractivity contribution in [2.75, 3.05) is 18.4 Å². The van der Waals surface area contributed by atoms with Crippen LogP contribution in [0.4, 0.5) is 5.69 Å². The number of benzene rings is 2. The Labute approximate surface area is 199 Å². The van der Waals surface area contributed by atoms with Crippen LogP contribution in [0.1, 0.15) is 51.8 Å². The molecule has 2 amide bonds. The molecule has 2 aliphatic heterocycles. The number of nitrogens with one attached hydrogen (secondary N) is 1. The monoisotopic (exact) mass is 458 g/mol. The molecule has 3 aromatic rings. The van der Waals surface area contributed by atoms with Gasteiger partial charge in [-0.05, 0) is 55.5 Å². The van der Waals surface area contributed by atoms with Gasteiger partial charge in [0.15, 0.2) is 5.69 Å². The quantitative estimate of drug-likeness (QED) is 0.634. The Morgan fingerprint density at radius 3 is 2.44 bits per heavy atom. The number of hydrogen-bond donors (Lipinski definition) is 1. The Kier molecular flexibility index (Phi) is 6.20. The summed E-state index contributed by atoms with van der Waals surface area (Å²) in [4.78, 5) is 32.3. The average molecular weight is 459 g/mol. The molecule has 34 heavy (non-hydrogen) atoms. The summed E-state index contributed by atoms with van der Waals surface area (Å²) in [7, 11) is 0. The number of hydrogen-bond acceptors (Lipinski definition) is 4. The first-order valence-electron chi connectivity index (χ1n) is 11.9. The highest BCUT2D eigenvalue weighted by molar-refractivity contribution is 5.95. The van der Waals surface area contributed by atoms with Gasteiger partial charge in [0.05, 0.1) is 25.2 Å². The lowest BCUT2D eigenvalue weighted by Gasteiger charge is -2.31. The second-order valence-corrected chi connectivity index (χ2v) is 9.33. The van der Waals surface area contributed by atoms with Crippen LogP contribution in [0.5, 0.6) is 0 Å². The van der Waals surface area contributed by atoms with Crippen molar-refractivity contribution in [3.8, 4) is 0 Å². The van der Waals surface area contributed by atoms with E-state index in [2.05, 4.69) is 28.5 Å². The third-order valence-electron chi connectivity index (χ3n) is 6.75. The summed E-state index contributed by atoms with van der Waals surface area (Å²) in [6, 6.07) is 16.2. The molecule has 0 bridgehead atoms. The van der Waals surface area contributed by atoms with Crippen LogP contribution in [-0.2, 0) is 22.7 Å². The number of carbonyl (C=O) groups is 2. The Bertz CT molecular complexity index is 1180. The fourth-order valence-electron chi connectivity index (χ4n) is 4.96. The van der Waals surface area contributed by atoms with E-state index >= 15 is 0 Å². The number of nitrogens with zero attached hydrogens (tertiary/aromatic N) is 3. The van der Waals surface area contributed by atoms with Gasteiger partial charge >= 0.3 is 0 Å². The third kappa shape index (κ3) is 4.61. The van der Waals surface area contributed by atoms with Gasteiger partial charge in [0.25, 0.3) is 5.91 Å². The molecule has 5 rings (SSSR count). The summed E-state index contributed by atoms with van der Waals surface area (Å²) in [6.45, 7) is 6.13. The molecule has 2 aromatic carbocycles. The number of anilines is 1. The summed E-state index contributed by atoms with van der Waals surface area (Å²) in [5.41, 5.74) is 5.49. The predicted octanol–water partition coefficient (Wildman–Crippen LogP) is 4.26. The Morgan fingerprint density at radius 1 is 1.03 bits per heavy atom. The molecule has 0 radical (unpaired) electrons. The number of aryl methyl sites for hydroxylation is 2. The number of ether oxygens (including phenoxy) is 1. The first kappa shape index (κ1) is 22.3. The Hall–Kier alpha value is -3.45. The lowest BCUT2D eigenvalue weighted by Crippen LogP contribution is -2.42. The van der Waals surface area contributed by atoms with Crippen LogP contribution in [0.25, 0.3) is 0 Å². The van der Waals surface area contributed by atoms with Crippen molar-refractivity contribution >= 4 is 17.5 Å². The van der Waals surface area contributed by atoms with Crippen LogP contribution >= 0.6 is 0 Å². The summed E-state index contributed by atoms with van der Waals surface area (Å²) in [5.74, 6) is -0.156. The predicted molar refractivity (Wildman–Crippen MR) is 129 cm³/mol. The van der Waals surface area contributed by atoms with Crippen molar-refractivity contribution in [3.05, 3.63) is 82.9 Å². The standard InChI is InChI=1S/C27H30N4O3/c1-18-12-19(2)14-22(13-18)29-26(32)21-8-10-30(11-9-21)27(33)25-23-16-34-24(15-31(23)17-28-25)20-6-4-3-5-7-20/h3-7,12-14,17,21,24H,8-11,15-16H2,1-2H3,(H,29,32). The highest BCUT2D eigenvalue weighted by Crippen LogP contribution is 2.29. The van der Waals surface area contributed by atoms with Gasteiger partial charge in [-0.1, -0.05) is 36.4 Å². The van der Waals surface area contributed by atoms with E-state index in [4.69, 9.17) is 4.74 Å². The lowest BCUT2D eigenvalue weighted by molar-refractivity contribution is -0.121. The van der Waals surface area contributed by atoms with E-state index in [1.54, 1.807) is 6.33 Å². The molecule has 3 heterocycles. The van der Waals surface area contributed by atoms with Gasteiger partial charge in [-0.25, -0.2) is 4.98 Å². The molecule has 1 aromatic heterocycles. The van der Waals surface area contributed by atoms with Crippen LogP contribution in [-0.4, -0.2) is 39.4 Å². The largest absolute Gasteiger partial charge is 0.365 e. The summed E-state index contributed by atoms with van der Waals surface area (Å²) in [5, 5.41) is 3.05. The van der Waals surface area contributed by atoms with Crippen molar-refractivity contribution in [1.29, 1.82) is 0 Å². The van der Waals surface area contributed by atoms with Crippen LogP contribution in [0, 0.1) is 19.8 Å². The van der Waals surface area contributed by atoms with E-state index in [-0.39, 0.29) is 23.8 Å². The average Bonchev–Trinajstić information content (AvgIpc) is 3.27. The van der Waals surface area contributed by atoms with Crippen molar-refractivity contribution in [2.24, 2.45) is 5.92 Å². The maximum absolute atomic E-state index is 13.2. The fraction of sp³-hybridized carbons (Fsp3) is 0.370. The van der Waals surface area contributed by atoms with Gasteiger partial charge in [0, 0.05) is 24.7 Å². The van der Waals surface area contributed by atoms with Gasteiger partial charge in [0.2, 0.25) is 5.91 Å². The summed E-state index contributed by atoms with van der Waals surface area (Å²) >= 11 is 0. The molecule has 2 aliphatic rings. The SMILES string of the molecule is Cc1cc(C)cc(NC(=O)C2CCN(C(=O)c3ncn4c3COC(c3ccccc3)C4)CC2)c1. The Morgan fingerprint density at radius 2 is 1.74 bits per heavy atom. The molecular weight excluding hydrogens is 428 g/mol. The number of carbonyl (C=O) groups excluding carboxylic acids is 2. The highest BCUT2D eigenvalue weighted by atomic mass is 16.5. The van der Waals surface area contributed by atoms with Gasteiger partial charge in [-0.15, -0.1) is 0 Å². The van der Waals surface area contributed by atoms with Gasteiger partial charge in [-0.3, -0.25) is 9.59 Å². The smallest absolute Gasteiger partial charge is 0.274 e. The lowest BCUT2D eigenvalue weighted by atomic mass is 9.95. The van der Waals surface area contributed by atoms with Crippen molar-refractivity contribution in [1.82, 2.24) is 14.5 Å². The molecule has 0 aliphatic carbocycles. The number of rotatable bonds is 4. The number of amides is 2. The zero-order chi connectivity index (χ0) is 23.7. The second-order valence-electron chi connectivity index (χ2n) is 9.33. The fourth-order valence-corrected chi connectivity index (χ4v) is 4.96. The number of piperidine rings is 1. The molecule has 1 unspecified atom stereocenters. The van der Waals surface area contributed by atoms with E-state index in [1.807, 2.05) is 53.6 Å². The van der Waals surface area contributed by atoms with E-state index in [1.165, 1.54) is 0 Å². The zero-order valence-corrected chi connectivity index (χ0v) is 19.7. The zero-order valence-electron chi connectivity index (χ0n) is 19.7. The topological polar surface area (TPSA) is 76.5 Å². The van der Waals surface area contributed by atoms with Crippen LogP contribution in [0.2, 0.25) is 0 Å². The third-order valence-corrected chi connectivity index (χ3v) is 6.75. The molecular formula is C27H30N4O3. The second kappa shape index (κ2) is 9.43. The van der Waals surface area contributed by atoms with Crippen LogP contribution in [0.15, 0.2) is 54.9 Å². The molecule has 0 spiro atoms. The minimum atomic E-state index is -0.101. The maximum atomic E-state index is 13.2. The minimum Gasteiger partial charge on any atom is -0.365 e. The van der Waals surface area contributed by atoms with Gasteiger partial charge in [-0.2, -0.15) is 0 Å². The summed E-state index contributed by atoms with van der Waals surface area (Å²) < 4.78 is 8.09. The molecule has 7 heteroatoms. The van der Waals surface area contributed by atoms with Gasteiger partial charge < -0.3 is 19.5 Å². The molecule has 176 valence electrons.